The Kier molecular flexibility index (Phi) is 5.53. The third-order valence-corrected chi connectivity index (χ3v) is 4.79. The number of amides is 1. The number of ether oxygens (including phenoxy) is 1. The highest BCUT2D eigenvalue weighted by molar-refractivity contribution is 7.89. The van der Waals surface area contributed by atoms with Crippen molar-refractivity contribution >= 4 is 21.7 Å². The van der Waals surface area contributed by atoms with E-state index in [9.17, 15) is 13.2 Å². The Morgan fingerprint density at radius 1 is 1.17 bits per heavy atom. The molecule has 0 radical (unpaired) electrons. The standard InChI is InChI=1S/C16H19N3O4S/c1-11-5-4-6-15(17-11)18-16(20)12(2)19-24(21,22)14-9-7-13(23-3)8-10-14/h4-10,12,19H,1-3H3,(H,17,18,20)/t12-/m0/s1. The number of anilines is 1. The van der Waals surface area contributed by atoms with Gasteiger partial charge >= 0.3 is 0 Å². The zero-order valence-corrected chi connectivity index (χ0v) is 14.4. The van der Waals surface area contributed by atoms with E-state index in [1.807, 2.05) is 0 Å². The van der Waals surface area contributed by atoms with Crippen LogP contribution in [0.25, 0.3) is 0 Å². The van der Waals surface area contributed by atoms with Crippen molar-refractivity contribution in [2.24, 2.45) is 0 Å². The van der Waals surface area contributed by atoms with E-state index in [4.69, 9.17) is 4.74 Å². The van der Waals surface area contributed by atoms with Crippen LogP contribution in [0.5, 0.6) is 5.75 Å². The number of pyridine rings is 1. The molecule has 128 valence electrons. The van der Waals surface area contributed by atoms with Crippen LogP contribution in [0.4, 0.5) is 5.82 Å². The van der Waals surface area contributed by atoms with E-state index in [0.29, 0.717) is 11.6 Å². The van der Waals surface area contributed by atoms with Crippen molar-refractivity contribution in [2.75, 3.05) is 12.4 Å². The molecule has 0 unspecified atom stereocenters. The fraction of sp³-hybridized carbons (Fsp3) is 0.250. The molecular formula is C16H19N3O4S. The first-order chi connectivity index (χ1) is 11.3. The van der Waals surface area contributed by atoms with Gasteiger partial charge < -0.3 is 10.1 Å². The molecule has 2 N–H and O–H groups in total. The molecule has 8 heteroatoms. The Bertz CT molecular complexity index is 819. The van der Waals surface area contributed by atoms with Gasteiger partial charge in [0.2, 0.25) is 15.9 Å². The van der Waals surface area contributed by atoms with Crippen molar-refractivity contribution in [1.29, 1.82) is 0 Å². The highest BCUT2D eigenvalue weighted by atomic mass is 32.2. The third kappa shape index (κ3) is 4.53. The van der Waals surface area contributed by atoms with Gasteiger partial charge in [-0.25, -0.2) is 13.4 Å². The Balaban J connectivity index is 2.06. The molecule has 0 aliphatic rings. The first-order valence-corrected chi connectivity index (χ1v) is 8.71. The predicted molar refractivity (Wildman–Crippen MR) is 90.4 cm³/mol. The lowest BCUT2D eigenvalue weighted by molar-refractivity contribution is -0.117. The van der Waals surface area contributed by atoms with Crippen LogP contribution in [0.15, 0.2) is 47.4 Å². The van der Waals surface area contributed by atoms with Gasteiger partial charge in [0, 0.05) is 5.69 Å². The van der Waals surface area contributed by atoms with Crippen molar-refractivity contribution in [3.63, 3.8) is 0 Å². The summed E-state index contributed by atoms with van der Waals surface area (Å²) in [6, 6.07) is 10.1. The fourth-order valence-corrected chi connectivity index (χ4v) is 3.16. The Hall–Kier alpha value is -2.45. The highest BCUT2D eigenvalue weighted by Crippen LogP contribution is 2.15. The minimum absolute atomic E-state index is 0.0524. The number of aromatic nitrogens is 1. The first kappa shape index (κ1) is 17.9. The third-order valence-electron chi connectivity index (χ3n) is 3.23. The number of sulfonamides is 1. The van der Waals surface area contributed by atoms with Crippen molar-refractivity contribution in [2.45, 2.75) is 24.8 Å². The molecule has 0 bridgehead atoms. The van der Waals surface area contributed by atoms with Gasteiger partial charge in [0.15, 0.2) is 0 Å². The topological polar surface area (TPSA) is 97.4 Å². The minimum atomic E-state index is -3.82. The van der Waals surface area contributed by atoms with Crippen molar-refractivity contribution < 1.29 is 17.9 Å². The van der Waals surface area contributed by atoms with Crippen molar-refractivity contribution in [1.82, 2.24) is 9.71 Å². The summed E-state index contributed by atoms with van der Waals surface area (Å²) >= 11 is 0. The maximum Gasteiger partial charge on any atom is 0.243 e. The van der Waals surface area contributed by atoms with Gasteiger partial charge in [-0.05, 0) is 50.2 Å². The number of aryl methyl sites for hydroxylation is 1. The number of nitrogens with one attached hydrogen (secondary N) is 2. The van der Waals surface area contributed by atoms with Crippen LogP contribution in [0.2, 0.25) is 0 Å². The van der Waals surface area contributed by atoms with E-state index < -0.39 is 22.0 Å². The summed E-state index contributed by atoms with van der Waals surface area (Å²) in [4.78, 5) is 16.3. The second-order valence-corrected chi connectivity index (χ2v) is 6.89. The number of hydrogen-bond donors (Lipinski definition) is 2. The molecule has 1 atom stereocenters. The highest BCUT2D eigenvalue weighted by Gasteiger charge is 2.22. The van der Waals surface area contributed by atoms with Crippen molar-refractivity contribution in [3.8, 4) is 5.75 Å². The van der Waals surface area contributed by atoms with E-state index >= 15 is 0 Å². The molecule has 1 amide bonds. The van der Waals surface area contributed by atoms with E-state index in [0.717, 1.165) is 5.69 Å². The normalized spacial score (nSPS) is 12.5. The minimum Gasteiger partial charge on any atom is -0.497 e. The molecule has 0 fully saturated rings. The van der Waals surface area contributed by atoms with Crippen LogP contribution in [0, 0.1) is 6.92 Å². The van der Waals surface area contributed by atoms with Gasteiger partial charge in [-0.2, -0.15) is 4.72 Å². The molecule has 0 spiro atoms. The molecular weight excluding hydrogens is 330 g/mol. The summed E-state index contributed by atoms with van der Waals surface area (Å²) in [5.74, 6) is 0.422. The number of rotatable bonds is 6. The van der Waals surface area contributed by atoms with E-state index in [1.54, 1.807) is 25.1 Å². The molecule has 2 rings (SSSR count). The number of carbonyl (C=O) groups excluding carboxylic acids is 1. The van der Waals surface area contributed by atoms with Gasteiger partial charge in [-0.1, -0.05) is 6.07 Å². The lowest BCUT2D eigenvalue weighted by Crippen LogP contribution is -2.41. The summed E-state index contributed by atoms with van der Waals surface area (Å²) in [5.41, 5.74) is 0.749. The van der Waals surface area contributed by atoms with Crippen LogP contribution in [-0.4, -0.2) is 32.5 Å². The Labute approximate surface area is 141 Å². The monoisotopic (exact) mass is 349 g/mol. The molecule has 1 aromatic carbocycles. The average molecular weight is 349 g/mol. The van der Waals surface area contributed by atoms with Crippen LogP contribution >= 0.6 is 0 Å². The van der Waals surface area contributed by atoms with E-state index in [1.165, 1.54) is 38.3 Å². The van der Waals surface area contributed by atoms with Gasteiger partial charge in [0.25, 0.3) is 0 Å². The number of nitrogens with zero attached hydrogens (tertiary/aromatic N) is 1. The largest absolute Gasteiger partial charge is 0.497 e. The Morgan fingerprint density at radius 2 is 1.83 bits per heavy atom. The second-order valence-electron chi connectivity index (χ2n) is 5.17. The smallest absolute Gasteiger partial charge is 0.243 e. The lowest BCUT2D eigenvalue weighted by atomic mass is 10.3. The summed E-state index contributed by atoms with van der Waals surface area (Å²) in [5, 5.41) is 2.58. The zero-order chi connectivity index (χ0) is 17.7. The lowest BCUT2D eigenvalue weighted by Gasteiger charge is -2.14. The molecule has 0 saturated heterocycles. The molecule has 2 aromatic rings. The molecule has 24 heavy (non-hydrogen) atoms. The quantitative estimate of drug-likeness (QED) is 0.827. The number of methoxy groups -OCH3 is 1. The maximum atomic E-state index is 12.3. The second kappa shape index (κ2) is 7.41. The van der Waals surface area contributed by atoms with Gasteiger partial charge in [-0.15, -0.1) is 0 Å². The van der Waals surface area contributed by atoms with Crippen LogP contribution in [0.3, 0.4) is 0 Å². The van der Waals surface area contributed by atoms with Crippen LogP contribution in [-0.2, 0) is 14.8 Å². The van der Waals surface area contributed by atoms with Gasteiger partial charge in [0.1, 0.15) is 11.6 Å². The number of hydrogen-bond acceptors (Lipinski definition) is 5. The molecule has 7 nitrogen and oxygen atoms in total. The van der Waals surface area contributed by atoms with Gasteiger partial charge in [-0.3, -0.25) is 4.79 Å². The van der Waals surface area contributed by atoms with Crippen LogP contribution < -0.4 is 14.8 Å². The molecule has 1 heterocycles. The van der Waals surface area contributed by atoms with Gasteiger partial charge in [0.05, 0.1) is 18.0 Å². The Morgan fingerprint density at radius 3 is 2.42 bits per heavy atom. The van der Waals surface area contributed by atoms with E-state index in [2.05, 4.69) is 15.0 Å². The molecule has 0 saturated carbocycles. The summed E-state index contributed by atoms with van der Waals surface area (Å²) < 4.78 is 31.9. The fourth-order valence-electron chi connectivity index (χ4n) is 1.96. The SMILES string of the molecule is COc1ccc(S(=O)(=O)N[C@@H](C)C(=O)Nc2cccc(C)n2)cc1. The van der Waals surface area contributed by atoms with E-state index in [-0.39, 0.29) is 4.90 Å². The first-order valence-electron chi connectivity index (χ1n) is 7.23. The van der Waals surface area contributed by atoms with Crippen molar-refractivity contribution in [3.05, 3.63) is 48.2 Å². The maximum absolute atomic E-state index is 12.3. The zero-order valence-electron chi connectivity index (χ0n) is 13.6. The summed E-state index contributed by atoms with van der Waals surface area (Å²) in [6.45, 7) is 3.26. The number of benzene rings is 1. The summed E-state index contributed by atoms with van der Waals surface area (Å²) in [7, 11) is -2.32. The average Bonchev–Trinajstić information content (AvgIpc) is 2.54. The molecule has 0 aliphatic carbocycles. The predicted octanol–water partition coefficient (Wildman–Crippen LogP) is 1.70. The number of carbonyl (C=O) groups is 1. The summed E-state index contributed by atoms with van der Waals surface area (Å²) in [6.07, 6.45) is 0. The molecule has 0 aliphatic heterocycles. The molecule has 1 aromatic heterocycles. The van der Waals surface area contributed by atoms with Crippen LogP contribution in [0.1, 0.15) is 12.6 Å².